The van der Waals surface area contributed by atoms with Gasteiger partial charge in [-0.25, -0.2) is 0 Å². The van der Waals surface area contributed by atoms with Gasteiger partial charge in [-0.15, -0.1) is 0 Å². The predicted molar refractivity (Wildman–Crippen MR) is 98.5 cm³/mol. The van der Waals surface area contributed by atoms with E-state index < -0.39 is 0 Å². The molecule has 0 spiro atoms. The molecule has 2 rings (SSSR count). The second-order valence-electron chi connectivity index (χ2n) is 6.74. The molecule has 0 bridgehead atoms. The van der Waals surface area contributed by atoms with Gasteiger partial charge >= 0.3 is 0 Å². The van der Waals surface area contributed by atoms with Gasteiger partial charge in [0.1, 0.15) is 12.4 Å². The number of benzene rings is 1. The van der Waals surface area contributed by atoms with E-state index in [2.05, 4.69) is 41.2 Å². The Hall–Kier alpha value is -1.75. The van der Waals surface area contributed by atoms with Crippen LogP contribution in [0.15, 0.2) is 29.3 Å². The molecule has 1 fully saturated rings. The minimum Gasteiger partial charge on any atom is -0.491 e. The van der Waals surface area contributed by atoms with Crippen LogP contribution in [-0.4, -0.2) is 51.3 Å². The van der Waals surface area contributed by atoms with E-state index in [1.54, 1.807) is 7.11 Å². The Labute approximate surface area is 146 Å². The van der Waals surface area contributed by atoms with E-state index in [0.29, 0.717) is 13.2 Å². The lowest BCUT2D eigenvalue weighted by molar-refractivity contribution is 0.146. The Morgan fingerprint density at radius 2 is 1.83 bits per heavy atom. The van der Waals surface area contributed by atoms with Crippen LogP contribution in [0.2, 0.25) is 0 Å². The van der Waals surface area contributed by atoms with E-state index in [1.807, 2.05) is 19.2 Å². The average Bonchev–Trinajstić information content (AvgIpc) is 2.56. The molecular formula is C19H31N3O2. The van der Waals surface area contributed by atoms with E-state index >= 15 is 0 Å². The summed E-state index contributed by atoms with van der Waals surface area (Å²) >= 11 is 0. The van der Waals surface area contributed by atoms with Gasteiger partial charge in [-0.1, -0.05) is 26.0 Å². The van der Waals surface area contributed by atoms with Crippen molar-refractivity contribution in [3.8, 4) is 5.75 Å². The van der Waals surface area contributed by atoms with E-state index in [1.165, 1.54) is 12.0 Å². The number of guanidine groups is 1. The first-order valence-electron chi connectivity index (χ1n) is 8.78. The number of hydrogen-bond donors (Lipinski definition) is 1. The number of aliphatic imine (C=N–C) groups is 1. The van der Waals surface area contributed by atoms with Crippen LogP contribution in [-0.2, 0) is 11.3 Å². The van der Waals surface area contributed by atoms with Crippen LogP contribution >= 0.6 is 0 Å². The summed E-state index contributed by atoms with van der Waals surface area (Å²) in [5, 5.41) is 3.48. The summed E-state index contributed by atoms with van der Waals surface area (Å²) in [6.45, 7) is 8.74. The Balaban J connectivity index is 1.84. The zero-order valence-corrected chi connectivity index (χ0v) is 15.4. The highest BCUT2D eigenvalue weighted by Gasteiger charge is 2.23. The Morgan fingerprint density at radius 1 is 1.17 bits per heavy atom. The van der Waals surface area contributed by atoms with Gasteiger partial charge < -0.3 is 19.7 Å². The minimum absolute atomic E-state index is 0.575. The lowest BCUT2D eigenvalue weighted by Crippen LogP contribution is -2.48. The fraction of sp³-hybridized carbons (Fsp3) is 0.632. The van der Waals surface area contributed by atoms with Crippen LogP contribution in [0.25, 0.3) is 0 Å². The second-order valence-corrected chi connectivity index (χ2v) is 6.74. The molecule has 1 aromatic rings. The number of nitrogens with one attached hydrogen (secondary N) is 1. The monoisotopic (exact) mass is 333 g/mol. The maximum Gasteiger partial charge on any atom is 0.193 e. The van der Waals surface area contributed by atoms with Crippen LogP contribution in [0.4, 0.5) is 0 Å². The summed E-state index contributed by atoms with van der Waals surface area (Å²) in [6.07, 6.45) is 1.30. The molecule has 134 valence electrons. The van der Waals surface area contributed by atoms with E-state index in [4.69, 9.17) is 9.47 Å². The molecule has 0 aromatic heterocycles. The van der Waals surface area contributed by atoms with Crippen molar-refractivity contribution < 1.29 is 9.47 Å². The van der Waals surface area contributed by atoms with Crippen molar-refractivity contribution in [2.24, 2.45) is 16.8 Å². The third-order valence-electron chi connectivity index (χ3n) is 4.31. The molecular weight excluding hydrogens is 302 g/mol. The quantitative estimate of drug-likeness (QED) is 0.494. The average molecular weight is 333 g/mol. The van der Waals surface area contributed by atoms with Crippen molar-refractivity contribution in [1.82, 2.24) is 10.2 Å². The first-order valence-corrected chi connectivity index (χ1v) is 8.78. The lowest BCUT2D eigenvalue weighted by atomic mass is 9.92. The molecule has 2 atom stereocenters. The van der Waals surface area contributed by atoms with E-state index in [0.717, 1.165) is 43.2 Å². The van der Waals surface area contributed by atoms with E-state index in [9.17, 15) is 0 Å². The molecule has 1 heterocycles. The van der Waals surface area contributed by atoms with Gasteiger partial charge in [0.2, 0.25) is 0 Å². The first kappa shape index (κ1) is 18.6. The highest BCUT2D eigenvalue weighted by atomic mass is 16.5. The van der Waals surface area contributed by atoms with Crippen molar-refractivity contribution in [3.63, 3.8) is 0 Å². The van der Waals surface area contributed by atoms with Gasteiger partial charge in [0.05, 0.1) is 6.61 Å². The van der Waals surface area contributed by atoms with Crippen molar-refractivity contribution in [2.45, 2.75) is 26.8 Å². The summed E-state index contributed by atoms with van der Waals surface area (Å²) < 4.78 is 10.6. The Kier molecular flexibility index (Phi) is 7.37. The molecule has 0 saturated carbocycles. The first-order chi connectivity index (χ1) is 11.6. The maximum absolute atomic E-state index is 5.59. The van der Waals surface area contributed by atoms with Crippen LogP contribution in [0.5, 0.6) is 5.75 Å². The van der Waals surface area contributed by atoms with Crippen LogP contribution in [0.3, 0.4) is 0 Å². The molecule has 0 amide bonds. The van der Waals surface area contributed by atoms with Crippen molar-refractivity contribution in [1.29, 1.82) is 0 Å². The van der Waals surface area contributed by atoms with Crippen molar-refractivity contribution >= 4 is 5.96 Å². The summed E-state index contributed by atoms with van der Waals surface area (Å²) in [4.78, 5) is 6.83. The highest BCUT2D eigenvalue weighted by molar-refractivity contribution is 5.80. The van der Waals surface area contributed by atoms with Gasteiger partial charge in [0.15, 0.2) is 5.96 Å². The van der Waals surface area contributed by atoms with Crippen LogP contribution in [0, 0.1) is 11.8 Å². The fourth-order valence-electron chi connectivity index (χ4n) is 3.30. The number of piperidine rings is 1. The number of methoxy groups -OCH3 is 1. The standard InChI is InChI=1S/C19H31N3O2/c1-15-11-16(2)14-22(13-15)19(20-3)21-12-17-5-7-18(8-6-17)24-10-9-23-4/h5-8,15-16H,9-14H2,1-4H3,(H,20,21). The summed E-state index contributed by atoms with van der Waals surface area (Å²) in [5.74, 6) is 3.30. The van der Waals surface area contributed by atoms with E-state index in [-0.39, 0.29) is 0 Å². The molecule has 5 nitrogen and oxygen atoms in total. The zero-order valence-electron chi connectivity index (χ0n) is 15.4. The van der Waals surface area contributed by atoms with Gasteiger partial charge in [-0.2, -0.15) is 0 Å². The molecule has 1 aliphatic heterocycles. The molecule has 1 aliphatic rings. The Bertz CT molecular complexity index is 506. The molecule has 24 heavy (non-hydrogen) atoms. The molecule has 0 aliphatic carbocycles. The number of ether oxygens (including phenoxy) is 2. The van der Waals surface area contributed by atoms with Gasteiger partial charge in [0.25, 0.3) is 0 Å². The van der Waals surface area contributed by atoms with Crippen molar-refractivity contribution in [2.75, 3.05) is 40.5 Å². The number of rotatable bonds is 6. The van der Waals surface area contributed by atoms with Gasteiger partial charge in [-0.05, 0) is 36.0 Å². The molecule has 2 unspecified atom stereocenters. The molecule has 1 N–H and O–H groups in total. The normalized spacial score (nSPS) is 21.7. The predicted octanol–water partition coefficient (Wildman–Crippen LogP) is 2.77. The smallest absolute Gasteiger partial charge is 0.193 e. The lowest BCUT2D eigenvalue weighted by Gasteiger charge is -2.37. The van der Waals surface area contributed by atoms with Crippen LogP contribution < -0.4 is 10.1 Å². The fourth-order valence-corrected chi connectivity index (χ4v) is 3.30. The maximum atomic E-state index is 5.59. The topological polar surface area (TPSA) is 46.1 Å². The molecule has 1 aromatic carbocycles. The molecule has 5 heteroatoms. The highest BCUT2D eigenvalue weighted by Crippen LogP contribution is 2.21. The molecule has 0 radical (unpaired) electrons. The Morgan fingerprint density at radius 3 is 2.42 bits per heavy atom. The third-order valence-corrected chi connectivity index (χ3v) is 4.31. The third kappa shape index (κ3) is 5.71. The van der Waals surface area contributed by atoms with Gasteiger partial charge in [0, 0.05) is 33.8 Å². The zero-order chi connectivity index (χ0) is 17.4. The molecule has 1 saturated heterocycles. The van der Waals surface area contributed by atoms with Crippen LogP contribution in [0.1, 0.15) is 25.8 Å². The SMILES string of the molecule is CN=C(NCc1ccc(OCCOC)cc1)N1CC(C)CC(C)C1. The number of likely N-dealkylation sites (tertiary alicyclic amines) is 1. The summed E-state index contributed by atoms with van der Waals surface area (Å²) in [7, 11) is 3.54. The minimum atomic E-state index is 0.575. The second kappa shape index (κ2) is 9.52. The summed E-state index contributed by atoms with van der Waals surface area (Å²) in [5.41, 5.74) is 1.22. The van der Waals surface area contributed by atoms with Gasteiger partial charge in [-0.3, -0.25) is 4.99 Å². The number of hydrogen-bond acceptors (Lipinski definition) is 3. The largest absolute Gasteiger partial charge is 0.491 e. The summed E-state index contributed by atoms with van der Waals surface area (Å²) in [6, 6.07) is 8.18. The number of nitrogens with zero attached hydrogens (tertiary/aromatic N) is 2. The van der Waals surface area contributed by atoms with Crippen molar-refractivity contribution in [3.05, 3.63) is 29.8 Å².